The normalized spacial score (nSPS) is 12.4. The molecule has 0 unspecified atom stereocenters. The SMILES string of the molecule is COC(O)(O)c1ccc2ccc3ccccc3n12. The Morgan fingerprint density at radius 1 is 1.00 bits per heavy atom. The van der Waals surface area contributed by atoms with E-state index in [4.69, 9.17) is 4.74 Å². The van der Waals surface area contributed by atoms with Crippen LogP contribution in [0.25, 0.3) is 16.4 Å². The first-order chi connectivity index (χ1) is 8.63. The second-order valence-electron chi connectivity index (χ2n) is 4.18. The number of hydrogen-bond acceptors (Lipinski definition) is 3. The van der Waals surface area contributed by atoms with Crippen molar-refractivity contribution >= 4 is 16.4 Å². The second kappa shape index (κ2) is 3.81. The van der Waals surface area contributed by atoms with Crippen molar-refractivity contribution in [2.24, 2.45) is 0 Å². The molecule has 0 aliphatic rings. The van der Waals surface area contributed by atoms with E-state index in [0.29, 0.717) is 0 Å². The fourth-order valence-corrected chi connectivity index (χ4v) is 2.22. The summed E-state index contributed by atoms with van der Waals surface area (Å²) in [6, 6.07) is 15.1. The van der Waals surface area contributed by atoms with Gasteiger partial charge in [-0.05, 0) is 29.7 Å². The van der Waals surface area contributed by atoms with Crippen LogP contribution in [0, 0.1) is 0 Å². The molecule has 3 aromatic rings. The predicted molar refractivity (Wildman–Crippen MR) is 68.0 cm³/mol. The highest BCUT2D eigenvalue weighted by molar-refractivity contribution is 5.83. The molecule has 1 aromatic carbocycles. The number of hydrogen-bond donors (Lipinski definition) is 2. The molecule has 4 nitrogen and oxygen atoms in total. The number of ether oxygens (including phenoxy) is 1. The molecule has 0 spiro atoms. The number of nitrogens with zero attached hydrogens (tertiary/aromatic N) is 1. The van der Waals surface area contributed by atoms with Crippen molar-refractivity contribution < 1.29 is 14.9 Å². The van der Waals surface area contributed by atoms with Crippen LogP contribution < -0.4 is 0 Å². The van der Waals surface area contributed by atoms with Crippen LogP contribution in [0.1, 0.15) is 5.69 Å². The van der Waals surface area contributed by atoms with Gasteiger partial charge in [0, 0.05) is 12.6 Å². The third kappa shape index (κ3) is 1.51. The Morgan fingerprint density at radius 2 is 1.72 bits per heavy atom. The van der Waals surface area contributed by atoms with E-state index in [1.807, 2.05) is 42.5 Å². The number of methoxy groups -OCH3 is 1. The van der Waals surface area contributed by atoms with E-state index in [2.05, 4.69) is 0 Å². The Hall–Kier alpha value is -1.88. The molecule has 18 heavy (non-hydrogen) atoms. The van der Waals surface area contributed by atoms with E-state index in [1.165, 1.54) is 7.11 Å². The van der Waals surface area contributed by atoms with E-state index in [9.17, 15) is 10.2 Å². The zero-order valence-electron chi connectivity index (χ0n) is 9.87. The highest BCUT2D eigenvalue weighted by Crippen LogP contribution is 2.26. The summed E-state index contributed by atoms with van der Waals surface area (Å²) in [7, 11) is 1.25. The third-order valence-corrected chi connectivity index (χ3v) is 3.14. The van der Waals surface area contributed by atoms with Gasteiger partial charge in [-0.15, -0.1) is 0 Å². The van der Waals surface area contributed by atoms with Crippen LogP contribution in [0.2, 0.25) is 0 Å². The van der Waals surface area contributed by atoms with Gasteiger partial charge >= 0.3 is 5.97 Å². The molecule has 0 aliphatic heterocycles. The quantitative estimate of drug-likeness (QED) is 0.675. The summed E-state index contributed by atoms with van der Waals surface area (Å²) >= 11 is 0. The van der Waals surface area contributed by atoms with Gasteiger partial charge in [0.15, 0.2) is 0 Å². The van der Waals surface area contributed by atoms with Crippen LogP contribution in [0.3, 0.4) is 0 Å². The molecule has 0 fully saturated rings. The minimum absolute atomic E-state index is 0.289. The van der Waals surface area contributed by atoms with Crippen molar-refractivity contribution in [2.45, 2.75) is 5.97 Å². The molecule has 0 saturated heterocycles. The van der Waals surface area contributed by atoms with Gasteiger partial charge in [-0.2, -0.15) is 0 Å². The predicted octanol–water partition coefficient (Wildman–Crippen LogP) is 1.83. The van der Waals surface area contributed by atoms with Crippen molar-refractivity contribution in [1.82, 2.24) is 4.40 Å². The zero-order chi connectivity index (χ0) is 12.8. The topological polar surface area (TPSA) is 54.1 Å². The molecule has 0 radical (unpaired) electrons. The molecular formula is C14H13NO3. The van der Waals surface area contributed by atoms with Gasteiger partial charge in [0.05, 0.1) is 5.52 Å². The zero-order valence-corrected chi connectivity index (χ0v) is 9.87. The molecule has 0 bridgehead atoms. The molecule has 2 aromatic heterocycles. The Labute approximate surface area is 104 Å². The molecule has 2 heterocycles. The third-order valence-electron chi connectivity index (χ3n) is 3.14. The van der Waals surface area contributed by atoms with Crippen molar-refractivity contribution in [3.8, 4) is 0 Å². The number of pyridine rings is 1. The Bertz CT molecular complexity index is 715. The first-order valence-electron chi connectivity index (χ1n) is 5.63. The number of benzene rings is 1. The number of para-hydroxylation sites is 1. The lowest BCUT2D eigenvalue weighted by molar-refractivity contribution is -0.341. The van der Waals surface area contributed by atoms with Gasteiger partial charge in [0.1, 0.15) is 5.69 Å². The number of rotatable bonds is 2. The van der Waals surface area contributed by atoms with Crippen LogP contribution in [-0.2, 0) is 10.7 Å². The second-order valence-corrected chi connectivity index (χ2v) is 4.18. The first kappa shape index (κ1) is 11.2. The monoisotopic (exact) mass is 243 g/mol. The molecular weight excluding hydrogens is 230 g/mol. The Balaban J connectivity index is 2.44. The Kier molecular flexibility index (Phi) is 2.38. The molecule has 92 valence electrons. The lowest BCUT2D eigenvalue weighted by atomic mass is 10.2. The molecule has 0 saturated carbocycles. The van der Waals surface area contributed by atoms with Crippen LogP contribution in [0.15, 0.2) is 48.5 Å². The molecule has 2 N–H and O–H groups in total. The molecule has 0 atom stereocenters. The van der Waals surface area contributed by atoms with E-state index in [-0.39, 0.29) is 5.69 Å². The summed E-state index contributed by atoms with van der Waals surface area (Å²) in [6.45, 7) is 0. The van der Waals surface area contributed by atoms with Crippen molar-refractivity contribution in [3.63, 3.8) is 0 Å². The molecule has 0 aliphatic carbocycles. The highest BCUT2D eigenvalue weighted by atomic mass is 16.8. The highest BCUT2D eigenvalue weighted by Gasteiger charge is 2.29. The molecule has 3 rings (SSSR count). The summed E-state index contributed by atoms with van der Waals surface area (Å²) < 4.78 is 6.51. The van der Waals surface area contributed by atoms with Crippen molar-refractivity contribution in [3.05, 3.63) is 54.2 Å². The average molecular weight is 243 g/mol. The van der Waals surface area contributed by atoms with Crippen LogP contribution in [0.4, 0.5) is 0 Å². The smallest absolute Gasteiger partial charge is 0.322 e. The number of aliphatic hydroxyl groups is 2. The van der Waals surface area contributed by atoms with E-state index >= 15 is 0 Å². The standard InChI is InChI=1S/C14H13NO3/c1-18-14(16,17)13-9-8-11-7-6-10-4-2-3-5-12(10)15(11)13/h2-9,16-17H,1H3. The fraction of sp³-hybridized carbons (Fsp3) is 0.143. The maximum absolute atomic E-state index is 9.85. The summed E-state index contributed by atoms with van der Waals surface area (Å²) in [4.78, 5) is 0. The summed E-state index contributed by atoms with van der Waals surface area (Å²) in [6.07, 6.45) is 0. The van der Waals surface area contributed by atoms with Crippen LogP contribution >= 0.6 is 0 Å². The van der Waals surface area contributed by atoms with Gasteiger partial charge in [0.2, 0.25) is 0 Å². The van der Waals surface area contributed by atoms with Crippen molar-refractivity contribution in [1.29, 1.82) is 0 Å². The maximum Gasteiger partial charge on any atom is 0.322 e. The largest absolute Gasteiger partial charge is 0.338 e. The van der Waals surface area contributed by atoms with E-state index in [0.717, 1.165) is 16.4 Å². The lowest BCUT2D eigenvalue weighted by Gasteiger charge is -2.20. The summed E-state index contributed by atoms with van der Waals surface area (Å²) in [5.74, 6) is -2.30. The molecule has 0 amide bonds. The molecule has 4 heteroatoms. The van der Waals surface area contributed by atoms with Gasteiger partial charge in [-0.1, -0.05) is 24.3 Å². The van der Waals surface area contributed by atoms with Gasteiger partial charge in [-0.3, -0.25) is 0 Å². The van der Waals surface area contributed by atoms with Crippen molar-refractivity contribution in [2.75, 3.05) is 7.11 Å². The first-order valence-corrected chi connectivity index (χ1v) is 5.63. The lowest BCUT2D eigenvalue weighted by Crippen LogP contribution is -2.28. The van der Waals surface area contributed by atoms with Crippen LogP contribution in [0.5, 0.6) is 0 Å². The number of aromatic nitrogens is 1. The minimum atomic E-state index is -2.30. The van der Waals surface area contributed by atoms with Gasteiger partial charge < -0.3 is 19.4 Å². The van der Waals surface area contributed by atoms with E-state index in [1.54, 1.807) is 10.5 Å². The summed E-state index contributed by atoms with van der Waals surface area (Å²) in [5.41, 5.74) is 2.07. The van der Waals surface area contributed by atoms with Gasteiger partial charge in [0.25, 0.3) is 0 Å². The summed E-state index contributed by atoms with van der Waals surface area (Å²) in [5, 5.41) is 20.7. The Morgan fingerprint density at radius 3 is 2.50 bits per heavy atom. The average Bonchev–Trinajstić information content (AvgIpc) is 2.83. The van der Waals surface area contributed by atoms with Crippen LogP contribution in [-0.4, -0.2) is 21.7 Å². The fourth-order valence-electron chi connectivity index (χ4n) is 2.22. The number of fused-ring (bicyclic) bond motifs is 3. The maximum atomic E-state index is 9.85. The minimum Gasteiger partial charge on any atom is -0.338 e. The van der Waals surface area contributed by atoms with E-state index < -0.39 is 5.97 Å². The van der Waals surface area contributed by atoms with Gasteiger partial charge in [-0.25, -0.2) is 0 Å².